The number of sulfonamides is 1. The van der Waals surface area contributed by atoms with Gasteiger partial charge in [-0.1, -0.05) is 48.5 Å². The number of ether oxygens (including phenoxy) is 2. The Kier molecular flexibility index (Phi) is 6.84. The molecule has 0 bridgehead atoms. The molecule has 7 nitrogen and oxygen atoms in total. The molecule has 1 fully saturated rings. The van der Waals surface area contributed by atoms with E-state index in [9.17, 15) is 13.2 Å². The van der Waals surface area contributed by atoms with Crippen molar-refractivity contribution in [2.45, 2.75) is 11.3 Å². The molecule has 0 spiro atoms. The normalized spacial score (nSPS) is 14.6. The molecular formula is C24H24N2O5S. The monoisotopic (exact) mass is 452 g/mol. The van der Waals surface area contributed by atoms with Crippen LogP contribution in [0.1, 0.15) is 5.56 Å². The van der Waals surface area contributed by atoms with Crippen molar-refractivity contribution in [2.75, 3.05) is 31.6 Å². The number of benzene rings is 3. The molecule has 1 amide bonds. The van der Waals surface area contributed by atoms with Crippen LogP contribution in [0.4, 0.5) is 5.69 Å². The van der Waals surface area contributed by atoms with E-state index in [1.807, 2.05) is 48.5 Å². The van der Waals surface area contributed by atoms with Crippen molar-refractivity contribution in [1.29, 1.82) is 0 Å². The number of para-hydroxylation sites is 1. The lowest BCUT2D eigenvalue weighted by Crippen LogP contribution is -2.40. The minimum atomic E-state index is -3.72. The fraction of sp³-hybridized carbons (Fsp3) is 0.208. The van der Waals surface area contributed by atoms with Crippen molar-refractivity contribution in [3.05, 3.63) is 84.4 Å². The zero-order chi connectivity index (χ0) is 22.4. The van der Waals surface area contributed by atoms with Crippen molar-refractivity contribution in [1.82, 2.24) is 4.31 Å². The van der Waals surface area contributed by atoms with Crippen molar-refractivity contribution >= 4 is 21.6 Å². The van der Waals surface area contributed by atoms with Crippen molar-refractivity contribution in [3.63, 3.8) is 0 Å². The quantitative estimate of drug-likeness (QED) is 0.591. The Bertz CT molecular complexity index is 1160. The van der Waals surface area contributed by atoms with Gasteiger partial charge >= 0.3 is 0 Å². The highest BCUT2D eigenvalue weighted by Crippen LogP contribution is 2.33. The van der Waals surface area contributed by atoms with E-state index < -0.39 is 10.0 Å². The molecule has 0 aliphatic carbocycles. The highest BCUT2D eigenvalue weighted by atomic mass is 32.2. The molecule has 1 N–H and O–H groups in total. The van der Waals surface area contributed by atoms with Gasteiger partial charge in [-0.15, -0.1) is 0 Å². The summed E-state index contributed by atoms with van der Waals surface area (Å²) < 4.78 is 38.8. The lowest BCUT2D eigenvalue weighted by Gasteiger charge is -2.26. The van der Waals surface area contributed by atoms with Crippen LogP contribution in [-0.2, 0) is 26.0 Å². The van der Waals surface area contributed by atoms with E-state index in [1.54, 1.807) is 18.2 Å². The van der Waals surface area contributed by atoms with E-state index in [0.717, 1.165) is 5.56 Å². The molecule has 32 heavy (non-hydrogen) atoms. The van der Waals surface area contributed by atoms with Crippen LogP contribution in [0, 0.1) is 0 Å². The zero-order valence-corrected chi connectivity index (χ0v) is 18.3. The molecule has 3 aromatic carbocycles. The lowest BCUT2D eigenvalue weighted by atomic mass is 10.1. The van der Waals surface area contributed by atoms with Crippen LogP contribution in [0.3, 0.4) is 0 Å². The van der Waals surface area contributed by atoms with Crippen LogP contribution in [0.5, 0.6) is 11.5 Å². The minimum Gasteiger partial charge on any atom is -0.455 e. The average Bonchev–Trinajstić information content (AvgIpc) is 2.82. The average molecular weight is 453 g/mol. The van der Waals surface area contributed by atoms with E-state index >= 15 is 0 Å². The lowest BCUT2D eigenvalue weighted by molar-refractivity contribution is -0.115. The maximum atomic E-state index is 13.1. The molecule has 1 saturated heterocycles. The number of anilines is 1. The topological polar surface area (TPSA) is 84.9 Å². The van der Waals surface area contributed by atoms with Crippen LogP contribution in [0.15, 0.2) is 83.8 Å². The molecule has 3 aromatic rings. The molecule has 4 rings (SSSR count). The van der Waals surface area contributed by atoms with Gasteiger partial charge in [0, 0.05) is 13.1 Å². The van der Waals surface area contributed by atoms with E-state index in [1.165, 1.54) is 16.4 Å². The molecule has 8 heteroatoms. The summed E-state index contributed by atoms with van der Waals surface area (Å²) >= 11 is 0. The number of amides is 1. The van der Waals surface area contributed by atoms with Gasteiger partial charge in [-0.05, 0) is 35.9 Å². The molecular weight excluding hydrogens is 428 g/mol. The molecule has 1 heterocycles. The molecule has 1 aliphatic rings. The van der Waals surface area contributed by atoms with E-state index in [-0.39, 0.29) is 17.2 Å². The second kappa shape index (κ2) is 9.95. The van der Waals surface area contributed by atoms with Gasteiger partial charge in [-0.25, -0.2) is 8.42 Å². The molecule has 0 unspecified atom stereocenters. The van der Waals surface area contributed by atoms with E-state index in [2.05, 4.69) is 5.32 Å². The first-order valence-corrected chi connectivity index (χ1v) is 11.7. The number of hydrogen-bond acceptors (Lipinski definition) is 5. The summed E-state index contributed by atoms with van der Waals surface area (Å²) in [5.41, 5.74) is 1.15. The van der Waals surface area contributed by atoms with Crippen LogP contribution in [-0.4, -0.2) is 44.9 Å². The first-order valence-electron chi connectivity index (χ1n) is 10.3. The fourth-order valence-corrected chi connectivity index (χ4v) is 4.82. The summed E-state index contributed by atoms with van der Waals surface area (Å²) in [6, 6.07) is 23.0. The second-order valence-corrected chi connectivity index (χ2v) is 9.24. The third-order valence-corrected chi connectivity index (χ3v) is 6.91. The van der Waals surface area contributed by atoms with Gasteiger partial charge in [0.15, 0.2) is 5.75 Å². The molecule has 0 aromatic heterocycles. The van der Waals surface area contributed by atoms with Crippen molar-refractivity contribution in [3.8, 4) is 11.5 Å². The summed E-state index contributed by atoms with van der Waals surface area (Å²) in [6.07, 6.45) is 0.159. The standard InChI is InChI=1S/C24H24N2O5S/c27-24(17-19-7-3-1-4-8-19)25-22-18-21(32(28,29)26-13-15-30-16-14-26)11-12-23(22)31-20-9-5-2-6-10-20/h1-12,18H,13-17H2,(H,25,27). The van der Waals surface area contributed by atoms with Gasteiger partial charge in [0.2, 0.25) is 15.9 Å². The van der Waals surface area contributed by atoms with Crippen LogP contribution in [0.25, 0.3) is 0 Å². The number of carbonyl (C=O) groups excluding carboxylic acids is 1. The largest absolute Gasteiger partial charge is 0.455 e. The highest BCUT2D eigenvalue weighted by molar-refractivity contribution is 7.89. The molecule has 1 aliphatic heterocycles. The number of rotatable bonds is 7. The highest BCUT2D eigenvalue weighted by Gasteiger charge is 2.27. The SMILES string of the molecule is O=C(Cc1ccccc1)Nc1cc(S(=O)(=O)N2CCOCC2)ccc1Oc1ccccc1. The van der Waals surface area contributed by atoms with Crippen molar-refractivity contribution < 1.29 is 22.7 Å². The van der Waals surface area contributed by atoms with E-state index in [4.69, 9.17) is 9.47 Å². The Morgan fingerprint density at radius 3 is 2.28 bits per heavy atom. The Labute approximate surface area is 187 Å². The maximum absolute atomic E-state index is 13.1. The van der Waals surface area contributed by atoms with Gasteiger partial charge in [0.1, 0.15) is 5.75 Å². The Morgan fingerprint density at radius 1 is 0.938 bits per heavy atom. The predicted octanol–water partition coefficient (Wildman–Crippen LogP) is 3.68. The number of nitrogens with one attached hydrogen (secondary N) is 1. The number of carbonyl (C=O) groups is 1. The molecule has 0 saturated carbocycles. The second-order valence-electron chi connectivity index (χ2n) is 7.30. The van der Waals surface area contributed by atoms with Gasteiger partial charge in [0.25, 0.3) is 0 Å². The Morgan fingerprint density at radius 2 is 1.59 bits per heavy atom. The first kappa shape index (κ1) is 22.0. The van der Waals surface area contributed by atoms with Crippen LogP contribution >= 0.6 is 0 Å². The molecule has 0 radical (unpaired) electrons. The van der Waals surface area contributed by atoms with Gasteiger partial charge in [0.05, 0.1) is 30.2 Å². The molecule has 166 valence electrons. The Hall–Kier alpha value is -3.20. The summed E-state index contributed by atoms with van der Waals surface area (Å²) in [5, 5.41) is 2.82. The summed E-state index contributed by atoms with van der Waals surface area (Å²) in [4.78, 5) is 12.8. The van der Waals surface area contributed by atoms with Crippen molar-refractivity contribution in [2.24, 2.45) is 0 Å². The van der Waals surface area contributed by atoms with Gasteiger partial charge in [-0.2, -0.15) is 4.31 Å². The van der Waals surface area contributed by atoms with Gasteiger partial charge < -0.3 is 14.8 Å². The van der Waals surface area contributed by atoms with Crippen LogP contribution < -0.4 is 10.1 Å². The van der Waals surface area contributed by atoms with Gasteiger partial charge in [-0.3, -0.25) is 4.79 Å². The van der Waals surface area contributed by atoms with Crippen LogP contribution in [0.2, 0.25) is 0 Å². The summed E-state index contributed by atoms with van der Waals surface area (Å²) in [6.45, 7) is 1.30. The number of hydrogen-bond donors (Lipinski definition) is 1. The van der Waals surface area contributed by atoms with E-state index in [0.29, 0.717) is 43.5 Å². The zero-order valence-electron chi connectivity index (χ0n) is 17.4. The Balaban J connectivity index is 1.63. The maximum Gasteiger partial charge on any atom is 0.243 e. The minimum absolute atomic E-state index is 0.0924. The summed E-state index contributed by atoms with van der Waals surface area (Å²) in [5.74, 6) is 0.670. The predicted molar refractivity (Wildman–Crippen MR) is 121 cm³/mol. The number of morpholine rings is 1. The summed E-state index contributed by atoms with van der Waals surface area (Å²) in [7, 11) is -3.72. The first-order chi connectivity index (χ1) is 15.5. The number of nitrogens with zero attached hydrogens (tertiary/aromatic N) is 1. The third kappa shape index (κ3) is 5.34. The molecule has 0 atom stereocenters. The smallest absolute Gasteiger partial charge is 0.243 e. The fourth-order valence-electron chi connectivity index (χ4n) is 3.38. The third-order valence-electron chi connectivity index (χ3n) is 5.01.